The minimum atomic E-state index is -0.481. The summed E-state index contributed by atoms with van der Waals surface area (Å²) in [5, 5.41) is 15.3. The third-order valence-electron chi connectivity index (χ3n) is 2.98. The van der Waals surface area contributed by atoms with Crippen molar-refractivity contribution in [1.29, 1.82) is 5.26 Å². The van der Waals surface area contributed by atoms with Crippen molar-refractivity contribution in [3.8, 4) is 6.07 Å². The topological polar surface area (TPSA) is 64.9 Å². The fourth-order valence-electron chi connectivity index (χ4n) is 1.77. The molecule has 5 heteroatoms. The van der Waals surface area contributed by atoms with Crippen molar-refractivity contribution in [3.63, 3.8) is 0 Å². The van der Waals surface area contributed by atoms with Crippen LogP contribution < -0.4 is 10.6 Å². The molecule has 0 atom stereocenters. The number of benzene rings is 2. The molecule has 0 aliphatic heterocycles. The van der Waals surface area contributed by atoms with Crippen LogP contribution in [0.4, 0.5) is 11.4 Å². The number of halogens is 1. The predicted molar refractivity (Wildman–Crippen MR) is 88.6 cm³/mol. The van der Waals surface area contributed by atoms with Crippen molar-refractivity contribution in [2.45, 2.75) is 6.92 Å². The highest BCUT2D eigenvalue weighted by Crippen LogP contribution is 2.15. The number of nitrogens with zero attached hydrogens (tertiary/aromatic N) is 1. The first kappa shape index (κ1) is 15.6. The average molecular weight is 312 g/mol. The number of amides is 1. The van der Waals surface area contributed by atoms with Crippen molar-refractivity contribution in [2.24, 2.45) is 0 Å². The summed E-state index contributed by atoms with van der Waals surface area (Å²) in [6, 6.07) is 16.2. The van der Waals surface area contributed by atoms with Crippen LogP contribution >= 0.6 is 11.6 Å². The van der Waals surface area contributed by atoms with Gasteiger partial charge >= 0.3 is 0 Å². The largest absolute Gasteiger partial charge is 0.360 e. The second-order valence-electron chi connectivity index (χ2n) is 4.59. The molecule has 2 aromatic rings. The molecule has 0 saturated heterocycles. The second kappa shape index (κ2) is 7.30. The standard InChI is InChI=1S/C17H14ClN3O/c1-12-4-2-3-5-16(12)20-11-13(10-19)17(22)21-15-8-6-14(18)7-9-15/h2-9,11,20H,1H3,(H,21,22)/b13-11-. The van der Waals surface area contributed by atoms with Crippen LogP contribution in [0.15, 0.2) is 60.3 Å². The van der Waals surface area contributed by atoms with E-state index < -0.39 is 5.91 Å². The van der Waals surface area contributed by atoms with Gasteiger partial charge in [0.05, 0.1) is 0 Å². The van der Waals surface area contributed by atoms with Gasteiger partial charge < -0.3 is 10.6 Å². The maximum Gasteiger partial charge on any atom is 0.267 e. The van der Waals surface area contributed by atoms with Gasteiger partial charge in [-0.1, -0.05) is 29.8 Å². The lowest BCUT2D eigenvalue weighted by Gasteiger charge is -2.07. The van der Waals surface area contributed by atoms with Gasteiger partial charge in [-0.15, -0.1) is 0 Å². The third kappa shape index (κ3) is 4.11. The number of nitrogens with one attached hydrogen (secondary N) is 2. The average Bonchev–Trinajstić information content (AvgIpc) is 2.52. The molecule has 0 radical (unpaired) electrons. The summed E-state index contributed by atoms with van der Waals surface area (Å²) < 4.78 is 0. The Bertz CT molecular complexity index is 745. The molecule has 22 heavy (non-hydrogen) atoms. The van der Waals surface area contributed by atoms with Gasteiger partial charge in [0.15, 0.2) is 0 Å². The molecule has 0 spiro atoms. The van der Waals surface area contributed by atoms with Crippen LogP contribution in [-0.4, -0.2) is 5.91 Å². The molecule has 0 heterocycles. The number of rotatable bonds is 4. The lowest BCUT2D eigenvalue weighted by molar-refractivity contribution is -0.112. The maximum atomic E-state index is 12.1. The summed E-state index contributed by atoms with van der Waals surface area (Å²) in [4.78, 5) is 12.1. The molecule has 0 unspecified atom stereocenters. The molecule has 0 aliphatic carbocycles. The maximum absolute atomic E-state index is 12.1. The SMILES string of the molecule is Cc1ccccc1N/C=C(/C#N)C(=O)Nc1ccc(Cl)cc1. The van der Waals surface area contributed by atoms with Crippen molar-refractivity contribution in [2.75, 3.05) is 10.6 Å². The summed E-state index contributed by atoms with van der Waals surface area (Å²) in [5.41, 5.74) is 2.42. The second-order valence-corrected chi connectivity index (χ2v) is 5.03. The molecule has 0 aliphatic rings. The Morgan fingerprint density at radius 1 is 1.18 bits per heavy atom. The monoisotopic (exact) mass is 311 g/mol. The summed E-state index contributed by atoms with van der Waals surface area (Å²) in [6.07, 6.45) is 1.40. The van der Waals surface area contributed by atoms with Crippen LogP contribution in [0.3, 0.4) is 0 Å². The first-order chi connectivity index (χ1) is 10.6. The van der Waals surface area contributed by atoms with Crippen molar-refractivity contribution < 1.29 is 4.79 Å². The number of carbonyl (C=O) groups excluding carboxylic acids is 1. The molecule has 2 N–H and O–H groups in total. The zero-order valence-corrected chi connectivity index (χ0v) is 12.7. The normalized spacial score (nSPS) is 10.7. The van der Waals surface area contributed by atoms with E-state index in [4.69, 9.17) is 16.9 Å². The Hall–Kier alpha value is -2.77. The molecule has 0 aromatic heterocycles. The number of aryl methyl sites for hydroxylation is 1. The van der Waals surface area contributed by atoms with Crippen LogP contribution in [0.1, 0.15) is 5.56 Å². The van der Waals surface area contributed by atoms with E-state index in [9.17, 15) is 4.79 Å². The minimum absolute atomic E-state index is 0.0156. The molecular weight excluding hydrogens is 298 g/mol. The number of nitriles is 1. The van der Waals surface area contributed by atoms with Crippen LogP contribution in [0.25, 0.3) is 0 Å². The summed E-state index contributed by atoms with van der Waals surface area (Å²) in [6.45, 7) is 1.94. The Kier molecular flexibility index (Phi) is 5.18. The fourth-order valence-corrected chi connectivity index (χ4v) is 1.89. The smallest absolute Gasteiger partial charge is 0.267 e. The molecule has 0 saturated carbocycles. The number of para-hydroxylation sites is 1. The van der Waals surface area contributed by atoms with Crippen molar-refractivity contribution >= 4 is 28.9 Å². The third-order valence-corrected chi connectivity index (χ3v) is 3.24. The Morgan fingerprint density at radius 3 is 2.50 bits per heavy atom. The van der Waals surface area contributed by atoms with Gasteiger partial charge in [0.25, 0.3) is 5.91 Å². The van der Waals surface area contributed by atoms with Crippen LogP contribution in [-0.2, 0) is 4.79 Å². The molecule has 0 bridgehead atoms. The molecule has 1 amide bonds. The Labute approximate surface area is 134 Å². The van der Waals surface area contributed by atoms with E-state index in [0.29, 0.717) is 10.7 Å². The van der Waals surface area contributed by atoms with Crippen LogP contribution in [0.5, 0.6) is 0 Å². The molecule has 2 aromatic carbocycles. The van der Waals surface area contributed by atoms with Crippen LogP contribution in [0.2, 0.25) is 5.02 Å². The van der Waals surface area contributed by atoms with E-state index in [0.717, 1.165) is 11.3 Å². The number of hydrogen-bond acceptors (Lipinski definition) is 3. The van der Waals surface area contributed by atoms with Crippen molar-refractivity contribution in [3.05, 3.63) is 70.9 Å². The van der Waals surface area contributed by atoms with Gasteiger partial charge in [-0.05, 0) is 42.8 Å². The lowest BCUT2D eigenvalue weighted by Crippen LogP contribution is -2.14. The van der Waals surface area contributed by atoms with E-state index in [2.05, 4.69) is 10.6 Å². The first-order valence-corrected chi connectivity index (χ1v) is 6.97. The molecule has 110 valence electrons. The number of carbonyl (C=O) groups is 1. The molecule has 4 nitrogen and oxygen atoms in total. The summed E-state index contributed by atoms with van der Waals surface area (Å²) >= 11 is 5.78. The number of hydrogen-bond donors (Lipinski definition) is 2. The highest BCUT2D eigenvalue weighted by Gasteiger charge is 2.09. The summed E-state index contributed by atoms with van der Waals surface area (Å²) in [5.74, 6) is -0.481. The predicted octanol–water partition coefficient (Wildman–Crippen LogP) is 4.11. The fraction of sp³-hybridized carbons (Fsp3) is 0.0588. The quantitative estimate of drug-likeness (QED) is 0.660. The van der Waals surface area contributed by atoms with Crippen molar-refractivity contribution in [1.82, 2.24) is 0 Å². The van der Waals surface area contributed by atoms with E-state index in [1.54, 1.807) is 24.3 Å². The van der Waals surface area contributed by atoms with E-state index >= 15 is 0 Å². The van der Waals surface area contributed by atoms with Crippen LogP contribution in [0, 0.1) is 18.3 Å². The van der Waals surface area contributed by atoms with Gasteiger partial charge in [0.2, 0.25) is 0 Å². The molecule has 0 fully saturated rings. The lowest BCUT2D eigenvalue weighted by atomic mass is 10.2. The zero-order valence-electron chi connectivity index (χ0n) is 11.9. The van der Waals surface area contributed by atoms with Gasteiger partial charge in [-0.3, -0.25) is 4.79 Å². The first-order valence-electron chi connectivity index (χ1n) is 6.59. The minimum Gasteiger partial charge on any atom is -0.360 e. The van der Waals surface area contributed by atoms with E-state index in [1.165, 1.54) is 6.20 Å². The summed E-state index contributed by atoms with van der Waals surface area (Å²) in [7, 11) is 0. The van der Waals surface area contributed by atoms with Gasteiger partial charge in [-0.25, -0.2) is 0 Å². The van der Waals surface area contributed by atoms with Gasteiger partial charge in [0, 0.05) is 22.6 Å². The van der Waals surface area contributed by atoms with E-state index in [-0.39, 0.29) is 5.57 Å². The van der Waals surface area contributed by atoms with Gasteiger partial charge in [-0.2, -0.15) is 5.26 Å². The number of anilines is 2. The zero-order chi connectivity index (χ0) is 15.9. The van der Waals surface area contributed by atoms with Gasteiger partial charge in [0.1, 0.15) is 11.6 Å². The Balaban J connectivity index is 2.09. The highest BCUT2D eigenvalue weighted by atomic mass is 35.5. The highest BCUT2D eigenvalue weighted by molar-refractivity contribution is 6.30. The Morgan fingerprint density at radius 2 is 1.86 bits per heavy atom. The molecule has 2 rings (SSSR count). The van der Waals surface area contributed by atoms with E-state index in [1.807, 2.05) is 37.3 Å². The molecular formula is C17H14ClN3O.